The van der Waals surface area contributed by atoms with Gasteiger partial charge in [0.05, 0.1) is 56.1 Å². The Hall–Kier alpha value is -5.96. The molecule has 1 saturated carbocycles. The van der Waals surface area contributed by atoms with Crippen molar-refractivity contribution in [1.29, 1.82) is 0 Å². The van der Waals surface area contributed by atoms with E-state index in [1.165, 1.54) is 14.2 Å². The first-order chi connectivity index (χ1) is 32.3. The van der Waals surface area contributed by atoms with Crippen molar-refractivity contribution in [3.63, 3.8) is 0 Å². The number of aromatic amines is 1. The van der Waals surface area contributed by atoms with E-state index in [9.17, 15) is 19.2 Å². The summed E-state index contributed by atoms with van der Waals surface area (Å²) in [5.41, 5.74) is 8.10. The third kappa shape index (κ3) is 8.20. The Kier molecular flexibility index (Phi) is 12.0. The first-order valence-corrected chi connectivity index (χ1v) is 24.3. The van der Waals surface area contributed by atoms with Gasteiger partial charge in [-0.25, -0.2) is 14.6 Å². The van der Waals surface area contributed by atoms with E-state index in [0.717, 1.165) is 100.0 Å². The number of aliphatic imine (C=N–C) groups is 1. The third-order valence-corrected chi connectivity index (χ3v) is 15.6. The molecule has 15 heteroatoms. The fourth-order valence-corrected chi connectivity index (χ4v) is 12.4. The number of alkyl carbamates (subject to hydrolysis) is 2. The highest BCUT2D eigenvalue weighted by molar-refractivity contribution is 6.07. The Morgan fingerprint density at radius 3 is 2.37 bits per heavy atom. The van der Waals surface area contributed by atoms with Crippen molar-refractivity contribution in [2.24, 2.45) is 22.7 Å². The highest BCUT2D eigenvalue weighted by atomic mass is 16.5. The number of likely N-dealkylation sites (tertiary alicyclic amines) is 2. The minimum atomic E-state index is -0.743. The quantitative estimate of drug-likeness (QED) is 0.149. The number of nitrogens with zero attached hydrogens (tertiary/aromatic N) is 4. The molecule has 10 rings (SSSR count). The molecule has 354 valence electrons. The van der Waals surface area contributed by atoms with E-state index in [0.29, 0.717) is 37.6 Å². The molecular formula is C52H63N7O8. The minimum absolute atomic E-state index is 0.0274. The molecule has 67 heavy (non-hydrogen) atoms. The maximum Gasteiger partial charge on any atom is 0.407 e. The van der Waals surface area contributed by atoms with Gasteiger partial charge in [-0.15, -0.1) is 0 Å². The molecule has 9 atom stereocenters. The first-order valence-electron chi connectivity index (χ1n) is 24.3. The van der Waals surface area contributed by atoms with Crippen LogP contribution in [0.5, 0.6) is 5.75 Å². The van der Waals surface area contributed by atoms with Gasteiger partial charge in [-0.3, -0.25) is 14.6 Å². The predicted molar refractivity (Wildman–Crippen MR) is 253 cm³/mol. The number of imidazole rings is 1. The number of carbonyl (C=O) groups is 4. The number of carbonyl (C=O) groups excluding carboxylic acids is 4. The first kappa shape index (κ1) is 44.9. The standard InChI is InChI=1S/C52H63N7O8/c1-26(2)46(56-51(62)64-6)49(60)59-42-10-8-9-32(42)21-44(59)40-22-37-36-23-45-38(20-30(36)13-15-39(37)54-40)35-14-12-31(19-34(35)25-66-45)41-24-53-48(55-41)43-16-11-27(3)58(43)50(61)47(57-52(63)65-7)33-17-28(4)67-29(5)18-33/h12-15,19-20,23-24,26-29,32-33,42-44,46-47H,8-11,16-18,21-22,25H2,1-7H3,(H,53,55)(H,56,62)(H,57,63)/t27-,28+,29+,32-,42-,43-,44?,46-,47-/m0/s1. The second-order valence-electron chi connectivity index (χ2n) is 20.2. The van der Waals surface area contributed by atoms with Crippen molar-refractivity contribution < 1.29 is 38.1 Å². The SMILES string of the molecule is COC(=O)N[C@H](C(=O)N1C(C2=Nc3ccc4cc5c(cc4c3C2)OCc2cc(-c3cnc([C@@H]4CC[C@H](C)N4C(=O)[C@@H](NC(=O)OC)C4C[C@@H](C)O[C@H](C)C4)[nH]3)ccc2-5)C[C@@H]2CCC[C@@H]21)C(C)C. The van der Waals surface area contributed by atoms with Gasteiger partial charge < -0.3 is 44.4 Å². The zero-order chi connectivity index (χ0) is 46.8. The summed E-state index contributed by atoms with van der Waals surface area (Å²) in [4.78, 5) is 71.4. The maximum atomic E-state index is 14.5. The monoisotopic (exact) mass is 913 g/mol. The summed E-state index contributed by atoms with van der Waals surface area (Å²) in [6.45, 7) is 10.4. The highest BCUT2D eigenvalue weighted by Gasteiger charge is 2.50. The van der Waals surface area contributed by atoms with Crippen LogP contribution < -0.4 is 15.4 Å². The minimum Gasteiger partial charge on any atom is -0.488 e. The zero-order valence-corrected chi connectivity index (χ0v) is 39.6. The molecule has 1 unspecified atom stereocenters. The lowest BCUT2D eigenvalue weighted by Gasteiger charge is -2.39. The van der Waals surface area contributed by atoms with E-state index in [4.69, 9.17) is 28.9 Å². The Labute approximate surface area is 391 Å². The summed E-state index contributed by atoms with van der Waals surface area (Å²) in [5.74, 6) is 1.58. The summed E-state index contributed by atoms with van der Waals surface area (Å²) < 4.78 is 22.4. The number of nitrogens with one attached hydrogen (secondary N) is 3. The molecule has 5 aliphatic heterocycles. The van der Waals surface area contributed by atoms with Crippen LogP contribution in [0.3, 0.4) is 0 Å². The average molecular weight is 914 g/mol. The van der Waals surface area contributed by atoms with Gasteiger partial charge >= 0.3 is 12.2 Å². The van der Waals surface area contributed by atoms with Crippen molar-refractivity contribution in [3.05, 3.63) is 65.6 Å². The number of H-pyrrole nitrogens is 1. The zero-order valence-electron chi connectivity index (χ0n) is 39.6. The number of ether oxygens (including phenoxy) is 4. The van der Waals surface area contributed by atoms with E-state index in [1.807, 2.05) is 38.8 Å². The lowest BCUT2D eigenvalue weighted by Crippen LogP contribution is -2.56. The van der Waals surface area contributed by atoms with Crippen LogP contribution in [-0.2, 0) is 36.8 Å². The smallest absolute Gasteiger partial charge is 0.407 e. The van der Waals surface area contributed by atoms with Gasteiger partial charge in [0.15, 0.2) is 0 Å². The van der Waals surface area contributed by atoms with Crippen molar-refractivity contribution in [3.8, 4) is 28.1 Å². The number of methoxy groups -OCH3 is 2. The average Bonchev–Trinajstić information content (AvgIpc) is 4.17. The number of amides is 4. The molecule has 1 aromatic heterocycles. The van der Waals surface area contributed by atoms with Gasteiger partial charge in [-0.2, -0.15) is 0 Å². The van der Waals surface area contributed by atoms with E-state index in [2.05, 4.69) is 69.9 Å². The van der Waals surface area contributed by atoms with Crippen LogP contribution in [0, 0.1) is 17.8 Å². The van der Waals surface area contributed by atoms with Crippen molar-refractivity contribution in [2.75, 3.05) is 14.2 Å². The van der Waals surface area contributed by atoms with Gasteiger partial charge in [0, 0.05) is 29.8 Å². The molecule has 4 fully saturated rings. The molecule has 6 heterocycles. The Bertz CT molecular complexity index is 2630. The molecule has 0 spiro atoms. The summed E-state index contributed by atoms with van der Waals surface area (Å²) in [6, 6.07) is 13.3. The second-order valence-corrected chi connectivity index (χ2v) is 20.2. The molecule has 4 aromatic rings. The third-order valence-electron chi connectivity index (χ3n) is 15.6. The normalized spacial score (nSPS) is 27.1. The van der Waals surface area contributed by atoms with Gasteiger partial charge in [-0.05, 0) is 141 Å². The maximum absolute atomic E-state index is 14.5. The summed E-state index contributed by atoms with van der Waals surface area (Å²) >= 11 is 0. The molecule has 3 N–H and O–H groups in total. The number of benzene rings is 3. The number of rotatable bonds is 9. The lowest BCUT2D eigenvalue weighted by molar-refractivity contribution is -0.140. The molecule has 0 radical (unpaired) electrons. The Morgan fingerprint density at radius 1 is 0.836 bits per heavy atom. The van der Waals surface area contributed by atoms with Crippen LogP contribution in [-0.4, -0.2) is 106 Å². The van der Waals surface area contributed by atoms with Gasteiger partial charge in [0.1, 0.15) is 30.3 Å². The van der Waals surface area contributed by atoms with E-state index < -0.39 is 24.3 Å². The fourth-order valence-electron chi connectivity index (χ4n) is 12.4. The molecule has 3 saturated heterocycles. The van der Waals surface area contributed by atoms with Gasteiger partial charge in [-0.1, -0.05) is 38.5 Å². The number of aromatic nitrogens is 2. The molecule has 6 aliphatic rings. The number of hydrogen-bond acceptors (Lipinski definition) is 10. The Balaban J connectivity index is 0.877. The Morgan fingerprint density at radius 2 is 1.61 bits per heavy atom. The van der Waals surface area contributed by atoms with E-state index in [1.54, 1.807) is 0 Å². The predicted octanol–water partition coefficient (Wildman–Crippen LogP) is 8.55. The topological polar surface area (TPSA) is 177 Å². The van der Waals surface area contributed by atoms with Gasteiger partial charge in [0.25, 0.3) is 0 Å². The van der Waals surface area contributed by atoms with E-state index >= 15 is 0 Å². The molecular weight excluding hydrogens is 851 g/mol. The van der Waals surface area contributed by atoms with Crippen LogP contribution in [0.15, 0.2) is 53.7 Å². The van der Waals surface area contributed by atoms with Crippen LogP contribution in [0.2, 0.25) is 0 Å². The van der Waals surface area contributed by atoms with Crippen molar-refractivity contribution >= 4 is 46.2 Å². The van der Waals surface area contributed by atoms with Crippen LogP contribution in [0.1, 0.15) is 109 Å². The number of hydrogen-bond donors (Lipinski definition) is 3. The molecule has 4 amide bonds. The van der Waals surface area contributed by atoms with Crippen molar-refractivity contribution in [1.82, 2.24) is 30.4 Å². The summed E-state index contributed by atoms with van der Waals surface area (Å²) in [7, 11) is 2.64. The summed E-state index contributed by atoms with van der Waals surface area (Å²) in [6.07, 6.45) is 8.13. The number of fused-ring (bicyclic) bond motifs is 7. The van der Waals surface area contributed by atoms with Crippen LogP contribution >= 0.6 is 0 Å². The second kappa shape index (κ2) is 17.9. The summed E-state index contributed by atoms with van der Waals surface area (Å²) in [5, 5.41) is 7.91. The van der Waals surface area contributed by atoms with Crippen LogP contribution in [0.4, 0.5) is 15.3 Å². The fraction of sp³-hybridized carbons (Fsp3) is 0.538. The van der Waals surface area contributed by atoms with Crippen molar-refractivity contribution in [2.45, 2.75) is 147 Å². The van der Waals surface area contributed by atoms with E-state index in [-0.39, 0.29) is 60.0 Å². The lowest BCUT2D eigenvalue weighted by atomic mass is 9.85. The largest absolute Gasteiger partial charge is 0.488 e. The molecule has 0 bridgehead atoms. The molecule has 3 aromatic carbocycles. The molecule has 1 aliphatic carbocycles. The van der Waals surface area contributed by atoms with Crippen LogP contribution in [0.25, 0.3) is 33.2 Å². The molecule has 15 nitrogen and oxygen atoms in total. The van der Waals surface area contributed by atoms with Gasteiger partial charge in [0.2, 0.25) is 11.8 Å². The highest BCUT2D eigenvalue weighted by Crippen LogP contribution is 2.48.